The van der Waals surface area contributed by atoms with E-state index in [1.165, 1.54) is 0 Å². The fourth-order valence-electron chi connectivity index (χ4n) is 1.22. The molecule has 1 aromatic rings. The third-order valence-corrected chi connectivity index (χ3v) is 2.57. The van der Waals surface area contributed by atoms with Crippen molar-refractivity contribution in [3.63, 3.8) is 0 Å². The molecular weight excluding hydrogens is 252 g/mol. The van der Waals surface area contributed by atoms with Crippen LogP contribution in [0.1, 0.15) is 12.5 Å². The van der Waals surface area contributed by atoms with Gasteiger partial charge in [-0.25, -0.2) is 0 Å². The van der Waals surface area contributed by atoms with Gasteiger partial charge in [-0.3, -0.25) is 4.79 Å². The third-order valence-electron chi connectivity index (χ3n) is 2.15. The van der Waals surface area contributed by atoms with E-state index in [1.807, 2.05) is 6.92 Å². The van der Waals surface area contributed by atoms with Crippen molar-refractivity contribution in [3.05, 3.63) is 40.6 Å². The number of carbonyl (C=O) groups is 1. The van der Waals surface area contributed by atoms with Crippen LogP contribution in [0, 0.1) is 18.3 Å². The van der Waals surface area contributed by atoms with Crippen LogP contribution in [-0.4, -0.2) is 12.5 Å². The lowest BCUT2D eigenvalue weighted by Gasteiger charge is -2.06. The van der Waals surface area contributed by atoms with Crippen LogP contribution in [-0.2, 0) is 9.53 Å². The lowest BCUT2D eigenvalue weighted by Crippen LogP contribution is -2.14. The van der Waals surface area contributed by atoms with Crippen molar-refractivity contribution >= 4 is 23.2 Å². The Hall–Kier alpha value is -1.99. The molecule has 94 valence electrons. The zero-order chi connectivity index (χ0) is 13.5. The van der Waals surface area contributed by atoms with Gasteiger partial charge in [-0.15, -0.1) is 0 Å². The fourth-order valence-corrected chi connectivity index (χ4v) is 1.34. The average Bonchev–Trinajstić information content (AvgIpc) is 2.35. The maximum Gasteiger partial charge on any atom is 0.269 e. The van der Waals surface area contributed by atoms with Crippen LogP contribution < -0.4 is 5.32 Å². The fraction of sp³-hybridized carbons (Fsp3) is 0.231. The lowest BCUT2D eigenvalue weighted by molar-refractivity contribution is -0.112. The van der Waals surface area contributed by atoms with Crippen molar-refractivity contribution in [1.29, 1.82) is 5.26 Å². The molecule has 0 unspecified atom stereocenters. The highest BCUT2D eigenvalue weighted by Crippen LogP contribution is 2.19. The van der Waals surface area contributed by atoms with E-state index in [0.717, 1.165) is 11.8 Å². The van der Waals surface area contributed by atoms with Gasteiger partial charge in [-0.05, 0) is 37.6 Å². The molecule has 0 aliphatic heterocycles. The first-order valence-corrected chi connectivity index (χ1v) is 5.75. The zero-order valence-electron chi connectivity index (χ0n) is 10.2. The molecular formula is C13H13ClN2O2. The Labute approximate surface area is 111 Å². The monoisotopic (exact) mass is 264 g/mol. The van der Waals surface area contributed by atoms with E-state index in [0.29, 0.717) is 17.3 Å². The number of aryl methyl sites for hydroxylation is 1. The summed E-state index contributed by atoms with van der Waals surface area (Å²) < 4.78 is 4.92. The number of rotatable bonds is 4. The van der Waals surface area contributed by atoms with E-state index in [4.69, 9.17) is 21.6 Å². The largest absolute Gasteiger partial charge is 0.500 e. The number of nitrogens with one attached hydrogen (secondary N) is 1. The smallest absolute Gasteiger partial charge is 0.269 e. The van der Waals surface area contributed by atoms with E-state index >= 15 is 0 Å². The Morgan fingerprint density at radius 2 is 2.33 bits per heavy atom. The van der Waals surface area contributed by atoms with Crippen LogP contribution in [0.4, 0.5) is 5.69 Å². The molecule has 0 bridgehead atoms. The minimum Gasteiger partial charge on any atom is -0.500 e. The SMILES string of the molecule is CCOC=C(C#N)C(=O)Nc1ccc(Cl)c(C)c1. The Kier molecular flexibility index (Phi) is 5.22. The van der Waals surface area contributed by atoms with Crippen LogP contribution in [0.3, 0.4) is 0 Å². The van der Waals surface area contributed by atoms with Gasteiger partial charge in [0, 0.05) is 10.7 Å². The standard InChI is InChI=1S/C13H13ClN2O2/c1-3-18-8-10(7-15)13(17)16-11-4-5-12(14)9(2)6-11/h4-6,8H,3H2,1-2H3,(H,16,17). The van der Waals surface area contributed by atoms with Crippen LogP contribution in [0.5, 0.6) is 0 Å². The molecule has 18 heavy (non-hydrogen) atoms. The minimum atomic E-state index is -0.507. The van der Waals surface area contributed by atoms with Gasteiger partial charge in [0.25, 0.3) is 5.91 Å². The number of amides is 1. The van der Waals surface area contributed by atoms with E-state index in [-0.39, 0.29) is 5.57 Å². The molecule has 1 N–H and O–H groups in total. The number of anilines is 1. The molecule has 1 amide bonds. The predicted molar refractivity (Wildman–Crippen MR) is 70.1 cm³/mol. The van der Waals surface area contributed by atoms with Gasteiger partial charge in [-0.1, -0.05) is 11.6 Å². The average molecular weight is 265 g/mol. The molecule has 5 heteroatoms. The van der Waals surface area contributed by atoms with Crippen molar-refractivity contribution in [2.75, 3.05) is 11.9 Å². The second kappa shape index (κ2) is 6.67. The van der Waals surface area contributed by atoms with Gasteiger partial charge in [0.05, 0.1) is 6.61 Å². The Balaban J connectivity index is 2.81. The summed E-state index contributed by atoms with van der Waals surface area (Å²) in [6.45, 7) is 4.00. The second-order valence-corrected chi connectivity index (χ2v) is 3.92. The first-order valence-electron chi connectivity index (χ1n) is 5.37. The number of hydrogen-bond donors (Lipinski definition) is 1. The van der Waals surface area contributed by atoms with Crippen LogP contribution >= 0.6 is 11.6 Å². The third kappa shape index (κ3) is 3.79. The predicted octanol–water partition coefficient (Wildman–Crippen LogP) is 3.03. The van der Waals surface area contributed by atoms with Crippen LogP contribution in [0.15, 0.2) is 30.0 Å². The molecule has 0 atom stereocenters. The number of halogens is 1. The van der Waals surface area contributed by atoms with Gasteiger partial charge in [0.15, 0.2) is 5.57 Å². The van der Waals surface area contributed by atoms with E-state index < -0.39 is 5.91 Å². The highest BCUT2D eigenvalue weighted by atomic mass is 35.5. The lowest BCUT2D eigenvalue weighted by atomic mass is 10.2. The summed E-state index contributed by atoms with van der Waals surface area (Å²) in [5.74, 6) is -0.507. The van der Waals surface area contributed by atoms with Crippen molar-refractivity contribution < 1.29 is 9.53 Å². The van der Waals surface area contributed by atoms with E-state index in [2.05, 4.69) is 5.32 Å². The second-order valence-electron chi connectivity index (χ2n) is 3.52. The first kappa shape index (κ1) is 14.1. The molecule has 0 heterocycles. The van der Waals surface area contributed by atoms with Crippen LogP contribution in [0.2, 0.25) is 5.02 Å². The van der Waals surface area contributed by atoms with Gasteiger partial charge in [0.1, 0.15) is 12.3 Å². The molecule has 1 aromatic carbocycles. The summed E-state index contributed by atoms with van der Waals surface area (Å²) in [6, 6.07) is 6.87. The van der Waals surface area contributed by atoms with Gasteiger partial charge in [0.2, 0.25) is 0 Å². The number of benzene rings is 1. The van der Waals surface area contributed by atoms with Crippen molar-refractivity contribution in [2.24, 2.45) is 0 Å². The molecule has 4 nitrogen and oxygen atoms in total. The maximum absolute atomic E-state index is 11.7. The highest BCUT2D eigenvalue weighted by Gasteiger charge is 2.10. The zero-order valence-corrected chi connectivity index (χ0v) is 10.9. The molecule has 0 spiro atoms. The molecule has 0 aliphatic rings. The number of ether oxygens (including phenoxy) is 1. The summed E-state index contributed by atoms with van der Waals surface area (Å²) in [5, 5.41) is 12.0. The molecule has 1 rings (SSSR count). The summed E-state index contributed by atoms with van der Waals surface area (Å²) in [5.41, 5.74) is 1.35. The van der Waals surface area contributed by atoms with Gasteiger partial charge >= 0.3 is 0 Å². The molecule has 0 radical (unpaired) electrons. The van der Waals surface area contributed by atoms with Crippen molar-refractivity contribution in [3.8, 4) is 6.07 Å². The molecule has 0 aromatic heterocycles. The molecule has 0 saturated carbocycles. The Morgan fingerprint density at radius 3 is 2.89 bits per heavy atom. The summed E-state index contributed by atoms with van der Waals surface area (Å²) in [7, 11) is 0. The summed E-state index contributed by atoms with van der Waals surface area (Å²) in [4.78, 5) is 11.7. The van der Waals surface area contributed by atoms with E-state index in [1.54, 1.807) is 31.2 Å². The highest BCUT2D eigenvalue weighted by molar-refractivity contribution is 6.31. The Bertz CT molecular complexity index is 518. The van der Waals surface area contributed by atoms with Gasteiger partial charge in [-0.2, -0.15) is 5.26 Å². The first-order chi connectivity index (χ1) is 8.58. The molecule has 0 saturated heterocycles. The van der Waals surface area contributed by atoms with Crippen molar-refractivity contribution in [2.45, 2.75) is 13.8 Å². The molecule has 0 aliphatic carbocycles. The minimum absolute atomic E-state index is 0.0792. The maximum atomic E-state index is 11.7. The number of hydrogen-bond acceptors (Lipinski definition) is 3. The quantitative estimate of drug-likeness (QED) is 0.516. The topological polar surface area (TPSA) is 62.1 Å². The summed E-state index contributed by atoms with van der Waals surface area (Å²) in [6.07, 6.45) is 1.15. The van der Waals surface area contributed by atoms with E-state index in [9.17, 15) is 4.79 Å². The van der Waals surface area contributed by atoms with Crippen molar-refractivity contribution in [1.82, 2.24) is 0 Å². The Morgan fingerprint density at radius 1 is 1.61 bits per heavy atom. The van der Waals surface area contributed by atoms with Crippen LogP contribution in [0.25, 0.3) is 0 Å². The molecule has 0 fully saturated rings. The number of carbonyl (C=O) groups excluding carboxylic acids is 1. The number of nitriles is 1. The summed E-state index contributed by atoms with van der Waals surface area (Å²) >= 11 is 5.88. The number of nitrogens with zero attached hydrogens (tertiary/aromatic N) is 1. The van der Waals surface area contributed by atoms with Gasteiger partial charge < -0.3 is 10.1 Å². The normalized spacial score (nSPS) is 10.7.